The van der Waals surface area contributed by atoms with E-state index in [2.05, 4.69) is 11.8 Å². The first-order valence-electron chi connectivity index (χ1n) is 5.46. The minimum Gasteiger partial charge on any atom is -0.385 e. The second-order valence-corrected chi connectivity index (χ2v) is 3.47. The highest BCUT2D eigenvalue weighted by Gasteiger charge is 1.86. The van der Waals surface area contributed by atoms with Gasteiger partial charge in [-0.15, -0.1) is 0 Å². The van der Waals surface area contributed by atoms with Crippen LogP contribution in [-0.2, 0) is 4.74 Å². The number of benzene rings is 1. The molecule has 0 amide bonds. The van der Waals surface area contributed by atoms with Gasteiger partial charge in [0.05, 0.1) is 0 Å². The second kappa shape index (κ2) is 8.08. The molecule has 0 N–H and O–H groups in total. The van der Waals surface area contributed by atoms with Gasteiger partial charge >= 0.3 is 0 Å². The van der Waals surface area contributed by atoms with Crippen molar-refractivity contribution in [3.63, 3.8) is 0 Å². The maximum atomic E-state index is 4.98. The zero-order valence-corrected chi connectivity index (χ0v) is 9.33. The molecule has 0 fully saturated rings. The van der Waals surface area contributed by atoms with Crippen molar-refractivity contribution in [2.45, 2.75) is 25.7 Å². The van der Waals surface area contributed by atoms with Crippen molar-refractivity contribution in [2.75, 3.05) is 13.7 Å². The van der Waals surface area contributed by atoms with Gasteiger partial charge in [-0.3, -0.25) is 0 Å². The molecule has 0 saturated carbocycles. The number of hydrogen-bond acceptors (Lipinski definition) is 1. The Balaban J connectivity index is 2.12. The molecule has 0 heterocycles. The van der Waals surface area contributed by atoms with E-state index in [0.717, 1.165) is 25.0 Å². The van der Waals surface area contributed by atoms with Crippen molar-refractivity contribution < 1.29 is 4.74 Å². The van der Waals surface area contributed by atoms with Gasteiger partial charge in [0, 0.05) is 25.7 Å². The molecule has 0 bridgehead atoms. The lowest BCUT2D eigenvalue weighted by molar-refractivity contribution is 0.192. The minimum absolute atomic E-state index is 0.867. The largest absolute Gasteiger partial charge is 0.385 e. The predicted molar refractivity (Wildman–Crippen MR) is 63.7 cm³/mol. The van der Waals surface area contributed by atoms with Crippen LogP contribution in [0.4, 0.5) is 0 Å². The second-order valence-electron chi connectivity index (χ2n) is 3.47. The average Bonchev–Trinajstić information content (AvgIpc) is 2.29. The fourth-order valence-electron chi connectivity index (χ4n) is 1.32. The van der Waals surface area contributed by atoms with Crippen molar-refractivity contribution >= 4 is 0 Å². The highest BCUT2D eigenvalue weighted by molar-refractivity contribution is 5.33. The van der Waals surface area contributed by atoms with E-state index in [-0.39, 0.29) is 0 Å². The van der Waals surface area contributed by atoms with Crippen molar-refractivity contribution in [3.8, 4) is 11.8 Å². The topological polar surface area (TPSA) is 9.23 Å². The molecule has 15 heavy (non-hydrogen) atoms. The molecule has 1 heteroatoms. The van der Waals surface area contributed by atoms with Crippen LogP contribution in [-0.4, -0.2) is 13.7 Å². The van der Waals surface area contributed by atoms with Crippen LogP contribution in [0, 0.1) is 11.8 Å². The normalized spacial score (nSPS) is 9.40. The van der Waals surface area contributed by atoms with Gasteiger partial charge in [-0.25, -0.2) is 0 Å². The molecule has 0 aromatic heterocycles. The van der Waals surface area contributed by atoms with Gasteiger partial charge in [-0.05, 0) is 25.0 Å². The summed E-state index contributed by atoms with van der Waals surface area (Å²) >= 11 is 0. The first-order chi connectivity index (χ1) is 7.43. The summed E-state index contributed by atoms with van der Waals surface area (Å²) in [5.74, 6) is 6.34. The number of hydrogen-bond donors (Lipinski definition) is 0. The molecule has 80 valence electrons. The maximum absolute atomic E-state index is 4.98. The summed E-state index contributed by atoms with van der Waals surface area (Å²) in [4.78, 5) is 0. The molecule has 0 aliphatic heterocycles. The van der Waals surface area contributed by atoms with Gasteiger partial charge in [-0.2, -0.15) is 0 Å². The van der Waals surface area contributed by atoms with Crippen molar-refractivity contribution in [2.24, 2.45) is 0 Å². The van der Waals surface area contributed by atoms with E-state index >= 15 is 0 Å². The van der Waals surface area contributed by atoms with Crippen LogP contribution in [0.15, 0.2) is 30.3 Å². The third-order valence-electron chi connectivity index (χ3n) is 2.16. The standard InChI is InChI=1S/C14H18O/c1-15-13-9-4-2-3-6-10-14-11-7-5-8-12-14/h5,7-8,11-12H,2-4,9,13H2,1H3. The Morgan fingerprint density at radius 1 is 1.07 bits per heavy atom. The zero-order chi connectivity index (χ0) is 10.8. The van der Waals surface area contributed by atoms with Crippen molar-refractivity contribution in [1.82, 2.24) is 0 Å². The molecule has 0 radical (unpaired) electrons. The third-order valence-corrected chi connectivity index (χ3v) is 2.16. The van der Waals surface area contributed by atoms with E-state index in [9.17, 15) is 0 Å². The van der Waals surface area contributed by atoms with Gasteiger partial charge in [0.25, 0.3) is 0 Å². The Labute approximate surface area is 92.5 Å². The van der Waals surface area contributed by atoms with Crippen LogP contribution < -0.4 is 0 Å². The smallest absolute Gasteiger partial charge is 0.0462 e. The minimum atomic E-state index is 0.867. The first-order valence-corrected chi connectivity index (χ1v) is 5.46. The summed E-state index contributed by atoms with van der Waals surface area (Å²) < 4.78 is 4.98. The maximum Gasteiger partial charge on any atom is 0.0462 e. The molecule has 1 aromatic rings. The summed E-state index contributed by atoms with van der Waals surface area (Å²) in [6.07, 6.45) is 4.50. The lowest BCUT2D eigenvalue weighted by atomic mass is 10.2. The summed E-state index contributed by atoms with van der Waals surface area (Å²) in [6.45, 7) is 0.867. The van der Waals surface area contributed by atoms with Gasteiger partial charge in [0.15, 0.2) is 0 Å². The van der Waals surface area contributed by atoms with Crippen LogP contribution in [0.5, 0.6) is 0 Å². The number of rotatable bonds is 5. The van der Waals surface area contributed by atoms with Crippen molar-refractivity contribution in [3.05, 3.63) is 35.9 Å². The summed E-state index contributed by atoms with van der Waals surface area (Å²) in [5, 5.41) is 0. The lowest BCUT2D eigenvalue weighted by Gasteiger charge is -1.95. The molecule has 0 aliphatic carbocycles. The van der Waals surface area contributed by atoms with Crippen LogP contribution in [0.3, 0.4) is 0 Å². The Hall–Kier alpha value is -1.26. The Kier molecular flexibility index (Phi) is 6.36. The van der Waals surface area contributed by atoms with E-state index < -0.39 is 0 Å². The molecule has 0 atom stereocenters. The molecule has 0 unspecified atom stereocenters. The first kappa shape index (κ1) is 11.8. The van der Waals surface area contributed by atoms with Crippen molar-refractivity contribution in [1.29, 1.82) is 0 Å². The SMILES string of the molecule is COCCCCCC#Cc1ccccc1. The monoisotopic (exact) mass is 202 g/mol. The highest BCUT2D eigenvalue weighted by atomic mass is 16.5. The summed E-state index contributed by atoms with van der Waals surface area (Å²) in [6, 6.07) is 10.1. The molecule has 0 saturated heterocycles. The summed E-state index contributed by atoms with van der Waals surface area (Å²) in [7, 11) is 1.75. The molecule has 0 aliphatic rings. The Morgan fingerprint density at radius 3 is 2.60 bits per heavy atom. The van der Waals surface area contributed by atoms with Crippen LogP contribution >= 0.6 is 0 Å². The molecule has 1 nitrogen and oxygen atoms in total. The third kappa shape index (κ3) is 5.93. The van der Waals surface area contributed by atoms with E-state index in [1.807, 2.05) is 30.3 Å². The number of unbranched alkanes of at least 4 members (excludes halogenated alkanes) is 3. The van der Waals surface area contributed by atoms with E-state index in [1.165, 1.54) is 12.8 Å². The van der Waals surface area contributed by atoms with E-state index in [4.69, 9.17) is 4.74 Å². The molecule has 1 rings (SSSR count). The molecule has 0 spiro atoms. The van der Waals surface area contributed by atoms with Gasteiger partial charge in [0.1, 0.15) is 0 Å². The number of methoxy groups -OCH3 is 1. The Morgan fingerprint density at radius 2 is 1.87 bits per heavy atom. The zero-order valence-electron chi connectivity index (χ0n) is 9.33. The fourth-order valence-corrected chi connectivity index (χ4v) is 1.32. The quantitative estimate of drug-likeness (QED) is 0.526. The van der Waals surface area contributed by atoms with E-state index in [0.29, 0.717) is 0 Å². The van der Waals surface area contributed by atoms with Crippen LogP contribution in [0.25, 0.3) is 0 Å². The van der Waals surface area contributed by atoms with E-state index in [1.54, 1.807) is 7.11 Å². The fraction of sp³-hybridized carbons (Fsp3) is 0.429. The molecule has 1 aromatic carbocycles. The lowest BCUT2D eigenvalue weighted by Crippen LogP contribution is -1.87. The molecular formula is C14H18O. The Bertz CT molecular complexity index is 305. The predicted octanol–water partition coefficient (Wildman–Crippen LogP) is 3.24. The van der Waals surface area contributed by atoms with Gasteiger partial charge in [0.2, 0.25) is 0 Å². The van der Waals surface area contributed by atoms with Gasteiger partial charge < -0.3 is 4.74 Å². The average molecular weight is 202 g/mol. The highest BCUT2D eigenvalue weighted by Crippen LogP contribution is 2.00. The van der Waals surface area contributed by atoms with Crippen LogP contribution in [0.1, 0.15) is 31.2 Å². The van der Waals surface area contributed by atoms with Gasteiger partial charge in [-0.1, -0.05) is 36.5 Å². The van der Waals surface area contributed by atoms with Crippen LogP contribution in [0.2, 0.25) is 0 Å². The number of ether oxygens (including phenoxy) is 1. The summed E-state index contributed by atoms with van der Waals surface area (Å²) in [5.41, 5.74) is 1.11. The molecular weight excluding hydrogens is 184 g/mol.